The molecule has 0 aliphatic heterocycles. The quantitative estimate of drug-likeness (QED) is 0.447. The SMILES string of the molecule is C=NCC(=S)NCC. The molecule has 0 aliphatic carbocycles. The summed E-state index contributed by atoms with van der Waals surface area (Å²) in [6.07, 6.45) is 0. The third-order valence-electron chi connectivity index (χ3n) is 0.629. The normalized spacial score (nSPS) is 8.12. The van der Waals surface area contributed by atoms with Crippen molar-refractivity contribution in [3.63, 3.8) is 0 Å². The molecule has 0 saturated carbocycles. The van der Waals surface area contributed by atoms with Gasteiger partial charge in [-0.2, -0.15) is 0 Å². The summed E-state index contributed by atoms with van der Waals surface area (Å²) in [5.41, 5.74) is 0. The Kier molecular flexibility index (Phi) is 4.45. The highest BCUT2D eigenvalue weighted by molar-refractivity contribution is 7.80. The Hall–Kier alpha value is -0.440. The van der Waals surface area contributed by atoms with E-state index in [4.69, 9.17) is 12.2 Å². The Balaban J connectivity index is 3.18. The van der Waals surface area contributed by atoms with E-state index in [1.54, 1.807) is 0 Å². The van der Waals surface area contributed by atoms with Crippen LogP contribution in [0.3, 0.4) is 0 Å². The van der Waals surface area contributed by atoms with E-state index in [0.29, 0.717) is 6.54 Å². The maximum atomic E-state index is 4.81. The summed E-state index contributed by atoms with van der Waals surface area (Å²) in [6, 6.07) is 0. The molecule has 0 radical (unpaired) electrons. The van der Waals surface area contributed by atoms with E-state index >= 15 is 0 Å². The van der Waals surface area contributed by atoms with Gasteiger partial charge in [-0.25, -0.2) is 0 Å². The van der Waals surface area contributed by atoms with Gasteiger partial charge in [0.05, 0.1) is 11.5 Å². The highest BCUT2D eigenvalue weighted by Gasteiger charge is 1.86. The third kappa shape index (κ3) is 3.74. The summed E-state index contributed by atoms with van der Waals surface area (Å²) >= 11 is 4.81. The maximum Gasteiger partial charge on any atom is 0.0970 e. The standard InChI is InChI=1S/C5H10N2S/c1-3-7-5(8)4-6-2/h2-4H2,1H3,(H,7,8). The lowest BCUT2D eigenvalue weighted by atomic mass is 10.6. The molecule has 1 N–H and O–H groups in total. The van der Waals surface area contributed by atoms with Gasteiger partial charge in [0.2, 0.25) is 0 Å². The number of hydrogen-bond acceptors (Lipinski definition) is 2. The van der Waals surface area contributed by atoms with Crippen molar-refractivity contribution in [2.45, 2.75) is 6.92 Å². The van der Waals surface area contributed by atoms with Crippen LogP contribution in [0.25, 0.3) is 0 Å². The van der Waals surface area contributed by atoms with Crippen molar-refractivity contribution in [1.82, 2.24) is 5.32 Å². The van der Waals surface area contributed by atoms with Crippen LogP contribution in [-0.2, 0) is 0 Å². The number of hydrogen-bond donors (Lipinski definition) is 1. The molecule has 3 heteroatoms. The lowest BCUT2D eigenvalue weighted by Crippen LogP contribution is -2.22. The number of rotatable bonds is 3. The fourth-order valence-corrected chi connectivity index (χ4v) is 0.590. The summed E-state index contributed by atoms with van der Waals surface area (Å²) in [4.78, 5) is 4.37. The van der Waals surface area contributed by atoms with Gasteiger partial charge in [-0.3, -0.25) is 4.99 Å². The van der Waals surface area contributed by atoms with Gasteiger partial charge in [0.1, 0.15) is 0 Å². The molecule has 0 bridgehead atoms. The van der Waals surface area contributed by atoms with Crippen molar-refractivity contribution in [2.24, 2.45) is 4.99 Å². The molecule has 0 amide bonds. The number of nitrogens with one attached hydrogen (secondary N) is 1. The molecule has 0 atom stereocenters. The van der Waals surface area contributed by atoms with Gasteiger partial charge in [0.25, 0.3) is 0 Å². The number of nitrogens with zero attached hydrogens (tertiary/aromatic N) is 1. The maximum absolute atomic E-state index is 4.81. The van der Waals surface area contributed by atoms with Gasteiger partial charge < -0.3 is 5.32 Å². The van der Waals surface area contributed by atoms with Gasteiger partial charge in [-0.15, -0.1) is 0 Å². The van der Waals surface area contributed by atoms with Crippen LogP contribution in [0.4, 0.5) is 0 Å². The highest BCUT2D eigenvalue weighted by Crippen LogP contribution is 1.71. The van der Waals surface area contributed by atoms with Crippen LogP contribution in [0.1, 0.15) is 6.92 Å². The van der Waals surface area contributed by atoms with E-state index in [1.165, 1.54) is 0 Å². The second-order valence-corrected chi connectivity index (χ2v) is 1.83. The van der Waals surface area contributed by atoms with Crippen LogP contribution in [0.15, 0.2) is 4.99 Å². The Labute approximate surface area is 55.0 Å². The minimum Gasteiger partial charge on any atom is -0.378 e. The molecule has 0 aromatic heterocycles. The first-order chi connectivity index (χ1) is 3.81. The van der Waals surface area contributed by atoms with Gasteiger partial charge in [0.15, 0.2) is 0 Å². The zero-order valence-corrected chi connectivity index (χ0v) is 5.79. The summed E-state index contributed by atoms with van der Waals surface area (Å²) in [5.74, 6) is 0. The summed E-state index contributed by atoms with van der Waals surface area (Å²) in [7, 11) is 0. The monoisotopic (exact) mass is 130 g/mol. The van der Waals surface area contributed by atoms with E-state index < -0.39 is 0 Å². The largest absolute Gasteiger partial charge is 0.378 e. The summed E-state index contributed by atoms with van der Waals surface area (Å²) < 4.78 is 0. The van der Waals surface area contributed by atoms with E-state index in [2.05, 4.69) is 17.0 Å². The number of aliphatic imine (C=N–C) groups is 1. The molecule has 0 aromatic rings. The lowest BCUT2D eigenvalue weighted by Gasteiger charge is -1.98. The molecule has 0 spiro atoms. The van der Waals surface area contributed by atoms with Crippen molar-refractivity contribution in [3.8, 4) is 0 Å². The first-order valence-corrected chi connectivity index (χ1v) is 2.91. The first kappa shape index (κ1) is 7.56. The highest BCUT2D eigenvalue weighted by atomic mass is 32.1. The Morgan fingerprint density at radius 3 is 2.88 bits per heavy atom. The Bertz CT molecular complexity index is 90.4. The molecular formula is C5H10N2S. The van der Waals surface area contributed by atoms with Gasteiger partial charge in [0, 0.05) is 6.54 Å². The van der Waals surface area contributed by atoms with Crippen LogP contribution in [0.5, 0.6) is 0 Å². The van der Waals surface area contributed by atoms with Gasteiger partial charge in [-0.05, 0) is 13.6 Å². The minimum atomic E-state index is 0.545. The van der Waals surface area contributed by atoms with Crippen molar-refractivity contribution < 1.29 is 0 Å². The summed E-state index contributed by atoms with van der Waals surface area (Å²) in [6.45, 7) is 6.72. The Morgan fingerprint density at radius 1 is 1.88 bits per heavy atom. The van der Waals surface area contributed by atoms with Crippen molar-refractivity contribution in [3.05, 3.63) is 0 Å². The number of thiocarbonyl (C=S) groups is 1. The minimum absolute atomic E-state index is 0.545. The molecule has 0 aromatic carbocycles. The molecule has 0 saturated heterocycles. The molecule has 0 rings (SSSR count). The zero-order valence-electron chi connectivity index (χ0n) is 4.98. The first-order valence-electron chi connectivity index (χ1n) is 2.50. The van der Waals surface area contributed by atoms with E-state index in [0.717, 1.165) is 11.5 Å². The van der Waals surface area contributed by atoms with E-state index in [-0.39, 0.29) is 0 Å². The molecule has 8 heavy (non-hydrogen) atoms. The molecule has 0 fully saturated rings. The van der Waals surface area contributed by atoms with E-state index in [9.17, 15) is 0 Å². The van der Waals surface area contributed by atoms with Crippen LogP contribution in [0, 0.1) is 0 Å². The predicted molar refractivity (Wildman–Crippen MR) is 40.7 cm³/mol. The molecule has 46 valence electrons. The average Bonchev–Trinajstić information content (AvgIpc) is 1.68. The second-order valence-electron chi connectivity index (χ2n) is 1.34. The average molecular weight is 130 g/mol. The zero-order chi connectivity index (χ0) is 6.41. The fourth-order valence-electron chi connectivity index (χ4n) is 0.355. The van der Waals surface area contributed by atoms with Crippen LogP contribution in [0.2, 0.25) is 0 Å². The van der Waals surface area contributed by atoms with Crippen LogP contribution >= 0.6 is 12.2 Å². The van der Waals surface area contributed by atoms with Crippen molar-refractivity contribution >= 4 is 23.9 Å². The van der Waals surface area contributed by atoms with Crippen molar-refractivity contribution in [2.75, 3.05) is 13.1 Å². The smallest absolute Gasteiger partial charge is 0.0970 e. The fraction of sp³-hybridized carbons (Fsp3) is 0.600. The topological polar surface area (TPSA) is 24.4 Å². The van der Waals surface area contributed by atoms with Gasteiger partial charge in [-0.1, -0.05) is 12.2 Å². The molecule has 0 aliphatic rings. The molecule has 2 nitrogen and oxygen atoms in total. The molecular weight excluding hydrogens is 120 g/mol. The van der Waals surface area contributed by atoms with Crippen molar-refractivity contribution in [1.29, 1.82) is 0 Å². The second kappa shape index (κ2) is 4.71. The number of likely N-dealkylation sites (N-methyl/N-ethyl adjacent to an activating group) is 1. The van der Waals surface area contributed by atoms with Crippen LogP contribution in [-0.4, -0.2) is 24.8 Å². The summed E-state index contributed by atoms with van der Waals surface area (Å²) in [5, 5.41) is 2.94. The lowest BCUT2D eigenvalue weighted by molar-refractivity contribution is 0.964. The third-order valence-corrected chi connectivity index (χ3v) is 0.903. The van der Waals surface area contributed by atoms with Gasteiger partial charge >= 0.3 is 0 Å². The molecule has 0 unspecified atom stereocenters. The Morgan fingerprint density at radius 2 is 2.50 bits per heavy atom. The predicted octanol–water partition coefficient (Wildman–Crippen LogP) is 0.624. The van der Waals surface area contributed by atoms with Crippen LogP contribution < -0.4 is 5.32 Å². The van der Waals surface area contributed by atoms with E-state index in [1.807, 2.05) is 6.92 Å². The molecule has 0 heterocycles.